The Labute approximate surface area is 111 Å². The second-order valence-corrected chi connectivity index (χ2v) is 6.57. The Hall–Kier alpha value is -0.290. The first kappa shape index (κ1) is 14.8. The van der Waals surface area contributed by atoms with Crippen LogP contribution in [0.3, 0.4) is 0 Å². The van der Waals surface area contributed by atoms with Gasteiger partial charge in [-0.2, -0.15) is 0 Å². The number of amides is 1. The molecule has 0 saturated carbocycles. The van der Waals surface area contributed by atoms with Crippen LogP contribution in [-0.4, -0.2) is 16.6 Å². The second kappa shape index (κ2) is 7.93. The van der Waals surface area contributed by atoms with Crippen LogP contribution in [0.25, 0.3) is 0 Å². The molecule has 0 spiro atoms. The fourth-order valence-electron chi connectivity index (χ4n) is 1.76. The predicted molar refractivity (Wildman–Crippen MR) is 76.2 cm³/mol. The first-order valence-electron chi connectivity index (χ1n) is 6.23. The van der Waals surface area contributed by atoms with Crippen LogP contribution in [0.4, 0.5) is 4.79 Å². The molecule has 3 nitrogen and oxygen atoms in total. The normalized spacial score (nSPS) is 19.8. The minimum Gasteiger partial charge on any atom is -0.465 e. The zero-order valence-corrected chi connectivity index (χ0v) is 12.1. The molecule has 2 N–H and O–H groups in total. The molecule has 0 radical (unpaired) electrons. The molecule has 98 valence electrons. The molecule has 5 heteroatoms. The van der Waals surface area contributed by atoms with Crippen molar-refractivity contribution in [3.63, 3.8) is 0 Å². The molecule has 0 aromatic carbocycles. The van der Waals surface area contributed by atoms with Crippen LogP contribution in [0.1, 0.15) is 52.4 Å². The summed E-state index contributed by atoms with van der Waals surface area (Å²) >= 11 is 0. The van der Waals surface area contributed by atoms with Gasteiger partial charge in [-0.15, -0.1) is 0 Å². The van der Waals surface area contributed by atoms with Gasteiger partial charge >= 0.3 is 6.09 Å². The molecule has 1 aliphatic heterocycles. The molecule has 0 bridgehead atoms. The monoisotopic (exact) mass is 275 g/mol. The van der Waals surface area contributed by atoms with Crippen molar-refractivity contribution in [1.82, 2.24) is 5.32 Å². The average molecular weight is 275 g/mol. The van der Waals surface area contributed by atoms with E-state index in [1.165, 1.54) is 23.3 Å². The molecule has 0 aromatic rings. The Morgan fingerprint density at radius 1 is 1.29 bits per heavy atom. The van der Waals surface area contributed by atoms with Crippen molar-refractivity contribution in [2.75, 3.05) is 0 Å². The van der Waals surface area contributed by atoms with Crippen LogP contribution in [0, 0.1) is 0 Å². The Morgan fingerprint density at radius 3 is 2.53 bits per heavy atom. The molecule has 1 amide bonds. The summed E-state index contributed by atoms with van der Waals surface area (Å²) in [6.45, 7) is 4.35. The lowest BCUT2D eigenvalue weighted by Gasteiger charge is -2.13. The SMILES string of the molecule is CCCCC1=C(CCCC)C(NC(=O)O)SS1. The van der Waals surface area contributed by atoms with Crippen LogP contribution in [0.15, 0.2) is 10.5 Å². The summed E-state index contributed by atoms with van der Waals surface area (Å²) in [5.41, 5.74) is 1.32. The molecule has 0 fully saturated rings. The molecule has 0 aromatic heterocycles. The van der Waals surface area contributed by atoms with E-state index in [2.05, 4.69) is 19.2 Å². The van der Waals surface area contributed by atoms with Crippen molar-refractivity contribution >= 4 is 27.7 Å². The number of carbonyl (C=O) groups is 1. The van der Waals surface area contributed by atoms with E-state index < -0.39 is 6.09 Å². The van der Waals surface area contributed by atoms with E-state index in [1.807, 2.05) is 0 Å². The van der Waals surface area contributed by atoms with Crippen molar-refractivity contribution in [2.45, 2.75) is 57.7 Å². The van der Waals surface area contributed by atoms with Gasteiger partial charge in [-0.25, -0.2) is 4.79 Å². The highest BCUT2D eigenvalue weighted by Crippen LogP contribution is 2.49. The van der Waals surface area contributed by atoms with Crippen LogP contribution in [-0.2, 0) is 0 Å². The van der Waals surface area contributed by atoms with Crippen LogP contribution < -0.4 is 5.32 Å². The maximum absolute atomic E-state index is 10.7. The summed E-state index contributed by atoms with van der Waals surface area (Å²) in [4.78, 5) is 12.1. The minimum atomic E-state index is -0.922. The van der Waals surface area contributed by atoms with Gasteiger partial charge in [0.25, 0.3) is 0 Å². The van der Waals surface area contributed by atoms with Crippen LogP contribution in [0.2, 0.25) is 0 Å². The summed E-state index contributed by atoms with van der Waals surface area (Å²) in [6.07, 6.45) is 5.88. The van der Waals surface area contributed by atoms with E-state index in [-0.39, 0.29) is 5.37 Å². The summed E-state index contributed by atoms with van der Waals surface area (Å²) in [5.74, 6) is 0. The number of hydrogen-bond acceptors (Lipinski definition) is 3. The third kappa shape index (κ3) is 4.84. The van der Waals surface area contributed by atoms with Gasteiger partial charge in [0, 0.05) is 0 Å². The fourth-order valence-corrected chi connectivity index (χ4v) is 4.83. The summed E-state index contributed by atoms with van der Waals surface area (Å²) < 4.78 is 0. The topological polar surface area (TPSA) is 49.3 Å². The molecule has 1 unspecified atom stereocenters. The Bertz CT molecular complexity index is 292. The molecule has 1 rings (SSSR count). The minimum absolute atomic E-state index is 0.0316. The van der Waals surface area contributed by atoms with Gasteiger partial charge in [-0.05, 0) is 36.2 Å². The predicted octanol–water partition coefficient (Wildman–Crippen LogP) is 4.61. The van der Waals surface area contributed by atoms with E-state index in [0.717, 1.165) is 25.7 Å². The molecule has 1 heterocycles. The van der Waals surface area contributed by atoms with Crippen LogP contribution in [0.5, 0.6) is 0 Å². The van der Waals surface area contributed by atoms with Crippen molar-refractivity contribution in [3.8, 4) is 0 Å². The van der Waals surface area contributed by atoms with E-state index in [1.54, 1.807) is 21.6 Å². The summed E-state index contributed by atoms with van der Waals surface area (Å²) in [6, 6.07) is 0. The number of allylic oxidation sites excluding steroid dienone is 1. The molecule has 1 aliphatic rings. The van der Waals surface area contributed by atoms with Gasteiger partial charge in [-0.1, -0.05) is 48.3 Å². The zero-order valence-electron chi connectivity index (χ0n) is 10.5. The van der Waals surface area contributed by atoms with E-state index in [4.69, 9.17) is 5.11 Å². The maximum Gasteiger partial charge on any atom is 0.405 e. The highest BCUT2D eigenvalue weighted by Gasteiger charge is 2.27. The summed E-state index contributed by atoms with van der Waals surface area (Å²) in [5, 5.41) is 11.4. The van der Waals surface area contributed by atoms with E-state index >= 15 is 0 Å². The Morgan fingerprint density at radius 2 is 1.94 bits per heavy atom. The Kier molecular flexibility index (Phi) is 6.89. The highest BCUT2D eigenvalue weighted by molar-refractivity contribution is 8.78. The van der Waals surface area contributed by atoms with Crippen molar-refractivity contribution in [2.24, 2.45) is 0 Å². The third-order valence-electron chi connectivity index (χ3n) is 2.73. The Balaban J connectivity index is 2.65. The molecule has 0 aliphatic carbocycles. The molecular weight excluding hydrogens is 254 g/mol. The quantitative estimate of drug-likeness (QED) is 0.666. The van der Waals surface area contributed by atoms with Crippen molar-refractivity contribution in [3.05, 3.63) is 10.5 Å². The second-order valence-electron chi connectivity index (χ2n) is 4.16. The number of carboxylic acid groups (broad SMARTS) is 1. The lowest BCUT2D eigenvalue weighted by Crippen LogP contribution is -2.31. The van der Waals surface area contributed by atoms with Gasteiger partial charge in [-0.3, -0.25) is 0 Å². The zero-order chi connectivity index (χ0) is 12.7. The molecule has 17 heavy (non-hydrogen) atoms. The van der Waals surface area contributed by atoms with E-state index in [9.17, 15) is 4.79 Å². The van der Waals surface area contributed by atoms with Gasteiger partial charge in [0.05, 0.1) is 0 Å². The third-order valence-corrected chi connectivity index (χ3v) is 5.56. The smallest absolute Gasteiger partial charge is 0.405 e. The van der Waals surface area contributed by atoms with Crippen molar-refractivity contribution < 1.29 is 9.90 Å². The lowest BCUT2D eigenvalue weighted by atomic mass is 10.1. The molecular formula is C12H21NO2S2. The first-order chi connectivity index (χ1) is 8.19. The average Bonchev–Trinajstić information content (AvgIpc) is 2.65. The number of unbranched alkanes of at least 4 members (excludes halogenated alkanes) is 2. The molecule has 0 saturated heterocycles. The van der Waals surface area contributed by atoms with Crippen LogP contribution >= 0.6 is 21.6 Å². The van der Waals surface area contributed by atoms with Gasteiger partial charge in [0.1, 0.15) is 5.37 Å². The number of hydrogen-bond donors (Lipinski definition) is 2. The van der Waals surface area contributed by atoms with E-state index in [0.29, 0.717) is 0 Å². The van der Waals surface area contributed by atoms with Crippen molar-refractivity contribution in [1.29, 1.82) is 0 Å². The number of rotatable bonds is 7. The maximum atomic E-state index is 10.7. The highest BCUT2D eigenvalue weighted by atomic mass is 33.1. The van der Waals surface area contributed by atoms with Gasteiger partial charge in [0.2, 0.25) is 0 Å². The van der Waals surface area contributed by atoms with Gasteiger partial charge in [0.15, 0.2) is 0 Å². The first-order valence-corrected chi connectivity index (χ1v) is 8.45. The lowest BCUT2D eigenvalue weighted by molar-refractivity contribution is 0.194. The summed E-state index contributed by atoms with van der Waals surface area (Å²) in [7, 11) is 3.40. The number of nitrogens with one attached hydrogen (secondary N) is 1. The molecule has 1 atom stereocenters. The largest absolute Gasteiger partial charge is 0.465 e. The van der Waals surface area contributed by atoms with Gasteiger partial charge < -0.3 is 10.4 Å². The fraction of sp³-hybridized carbons (Fsp3) is 0.750. The standard InChI is InChI=1S/C12H21NO2S2/c1-3-5-7-9-10(8-6-4-2)16-17-11(9)13-12(14)15/h11,13H,3-8H2,1-2H3,(H,14,15).